The van der Waals surface area contributed by atoms with Crippen LogP contribution >= 0.6 is 0 Å². The topological polar surface area (TPSA) is 29.5 Å². The lowest BCUT2D eigenvalue weighted by Crippen LogP contribution is -2.57. The lowest BCUT2D eigenvalue weighted by atomic mass is 9.65. The van der Waals surface area contributed by atoms with Gasteiger partial charge in [-0.3, -0.25) is 0 Å². The molecule has 2 heteroatoms. The van der Waals surface area contributed by atoms with Gasteiger partial charge in [-0.05, 0) is 43.2 Å². The predicted molar refractivity (Wildman–Crippen MR) is 86.0 cm³/mol. The van der Waals surface area contributed by atoms with Crippen LogP contribution < -0.4 is 0 Å². The van der Waals surface area contributed by atoms with Gasteiger partial charge in [0.15, 0.2) is 0 Å². The number of hydrogen-bond donors (Lipinski definition) is 1. The van der Waals surface area contributed by atoms with E-state index in [0.29, 0.717) is 6.42 Å². The molecule has 1 aromatic rings. The molecule has 1 spiro atoms. The van der Waals surface area contributed by atoms with Crippen LogP contribution in [0, 0.1) is 0 Å². The zero-order chi connectivity index (χ0) is 14.8. The van der Waals surface area contributed by atoms with Gasteiger partial charge in [-0.2, -0.15) is 0 Å². The van der Waals surface area contributed by atoms with Crippen LogP contribution in [0.15, 0.2) is 48.6 Å². The second kappa shape index (κ2) is 5.78. The molecule has 0 radical (unpaired) electrons. The van der Waals surface area contributed by atoms with E-state index in [4.69, 9.17) is 4.74 Å². The Kier molecular flexibility index (Phi) is 4.01. The summed E-state index contributed by atoms with van der Waals surface area (Å²) in [6.07, 6.45) is 9.48. The van der Waals surface area contributed by atoms with Crippen LogP contribution in [0.25, 0.3) is 6.08 Å². The van der Waals surface area contributed by atoms with E-state index in [1.54, 1.807) is 0 Å². The van der Waals surface area contributed by atoms with Crippen molar-refractivity contribution in [2.75, 3.05) is 6.61 Å². The van der Waals surface area contributed by atoms with Crippen molar-refractivity contribution in [1.82, 2.24) is 0 Å². The molecule has 0 bridgehead atoms. The van der Waals surface area contributed by atoms with E-state index in [2.05, 4.69) is 24.8 Å². The minimum atomic E-state index is -0.903. The Morgan fingerprint density at radius 2 is 1.95 bits per heavy atom. The Bertz CT molecular complexity index is 526. The predicted octanol–water partition coefficient (Wildman–Crippen LogP) is 4.11. The van der Waals surface area contributed by atoms with Gasteiger partial charge in [-0.15, -0.1) is 6.58 Å². The molecule has 2 aliphatic rings. The molecular formula is C19H24O2. The Balaban J connectivity index is 2.02. The number of aliphatic hydroxyl groups is 1. The summed E-state index contributed by atoms with van der Waals surface area (Å²) >= 11 is 0. The summed E-state index contributed by atoms with van der Waals surface area (Å²) in [4.78, 5) is 0. The summed E-state index contributed by atoms with van der Waals surface area (Å²) in [7, 11) is 0. The first-order chi connectivity index (χ1) is 10.2. The fourth-order valence-electron chi connectivity index (χ4n) is 3.96. The molecule has 21 heavy (non-hydrogen) atoms. The zero-order valence-corrected chi connectivity index (χ0v) is 12.6. The summed E-state index contributed by atoms with van der Waals surface area (Å²) in [5.41, 5.74) is 0.936. The minimum absolute atomic E-state index is 0.403. The van der Waals surface area contributed by atoms with Crippen LogP contribution in [-0.2, 0) is 4.74 Å². The van der Waals surface area contributed by atoms with E-state index >= 15 is 0 Å². The van der Waals surface area contributed by atoms with Crippen molar-refractivity contribution in [2.45, 2.75) is 49.7 Å². The van der Waals surface area contributed by atoms with E-state index in [1.807, 2.05) is 24.3 Å². The highest BCUT2D eigenvalue weighted by Crippen LogP contribution is 2.51. The molecule has 2 fully saturated rings. The highest BCUT2D eigenvalue weighted by Gasteiger charge is 2.55. The summed E-state index contributed by atoms with van der Waals surface area (Å²) in [5.74, 6) is 0. The highest BCUT2D eigenvalue weighted by molar-refractivity contribution is 5.56. The van der Waals surface area contributed by atoms with Crippen molar-refractivity contribution < 1.29 is 9.84 Å². The fraction of sp³-hybridized carbons (Fsp3) is 0.474. The van der Waals surface area contributed by atoms with Crippen LogP contribution in [-0.4, -0.2) is 22.9 Å². The van der Waals surface area contributed by atoms with E-state index < -0.39 is 11.2 Å². The van der Waals surface area contributed by atoms with E-state index in [0.717, 1.165) is 49.8 Å². The maximum absolute atomic E-state index is 11.5. The summed E-state index contributed by atoms with van der Waals surface area (Å²) in [6, 6.07) is 10.2. The minimum Gasteiger partial charge on any atom is -0.382 e. The van der Waals surface area contributed by atoms with Crippen LogP contribution in [0.2, 0.25) is 0 Å². The van der Waals surface area contributed by atoms with Gasteiger partial charge < -0.3 is 9.84 Å². The van der Waals surface area contributed by atoms with Crippen LogP contribution in [0.4, 0.5) is 0 Å². The third-order valence-corrected chi connectivity index (χ3v) is 5.00. The van der Waals surface area contributed by atoms with E-state index in [9.17, 15) is 5.11 Å². The molecular weight excluding hydrogens is 260 g/mol. The summed E-state index contributed by atoms with van der Waals surface area (Å²) in [6.45, 7) is 4.62. The van der Waals surface area contributed by atoms with Gasteiger partial charge >= 0.3 is 0 Å². The first kappa shape index (κ1) is 14.6. The fourth-order valence-corrected chi connectivity index (χ4v) is 3.96. The van der Waals surface area contributed by atoms with E-state index in [-0.39, 0.29) is 0 Å². The van der Waals surface area contributed by atoms with Gasteiger partial charge in [0.25, 0.3) is 0 Å². The van der Waals surface area contributed by atoms with Crippen LogP contribution in [0.1, 0.15) is 44.1 Å². The summed E-state index contributed by atoms with van der Waals surface area (Å²) < 4.78 is 6.08. The largest absolute Gasteiger partial charge is 0.382 e. The average Bonchev–Trinajstić information content (AvgIpc) is 2.96. The Labute approximate surface area is 127 Å². The molecule has 1 saturated carbocycles. The molecule has 1 aromatic carbocycles. The Hall–Kier alpha value is -1.38. The first-order valence-electron chi connectivity index (χ1n) is 7.94. The average molecular weight is 284 g/mol. The Morgan fingerprint density at radius 3 is 2.62 bits per heavy atom. The van der Waals surface area contributed by atoms with Gasteiger partial charge in [0, 0.05) is 13.0 Å². The molecule has 1 N–H and O–H groups in total. The maximum atomic E-state index is 11.5. The normalized spacial score (nSPS) is 34.4. The standard InChI is InChI=1S/C19H24O2/c1-2-11-19(20)17(15-16-8-4-3-5-9-16)10-6-12-18(19)13-7-14-21-18/h2-5,8-9,15,20H,1,6-7,10-14H2/b17-15+/t18-,19+/m1/s1. The van der Waals surface area contributed by atoms with Crippen molar-refractivity contribution >= 4 is 6.08 Å². The molecule has 0 unspecified atom stereocenters. The molecule has 2 atom stereocenters. The van der Waals surface area contributed by atoms with Gasteiger partial charge in [-0.25, -0.2) is 0 Å². The smallest absolute Gasteiger partial charge is 0.118 e. The van der Waals surface area contributed by atoms with Crippen LogP contribution in [0.3, 0.4) is 0 Å². The summed E-state index contributed by atoms with van der Waals surface area (Å²) in [5, 5.41) is 11.5. The first-order valence-corrected chi connectivity index (χ1v) is 7.94. The molecule has 1 aliphatic carbocycles. The molecule has 112 valence electrons. The third kappa shape index (κ3) is 2.47. The number of benzene rings is 1. The van der Waals surface area contributed by atoms with Crippen molar-refractivity contribution in [3.8, 4) is 0 Å². The van der Waals surface area contributed by atoms with Crippen molar-refractivity contribution in [3.05, 3.63) is 54.1 Å². The number of ether oxygens (including phenoxy) is 1. The molecule has 1 saturated heterocycles. The zero-order valence-electron chi connectivity index (χ0n) is 12.6. The number of hydrogen-bond acceptors (Lipinski definition) is 2. The Morgan fingerprint density at radius 1 is 1.19 bits per heavy atom. The van der Waals surface area contributed by atoms with Crippen molar-refractivity contribution in [1.29, 1.82) is 0 Å². The van der Waals surface area contributed by atoms with E-state index in [1.165, 1.54) is 0 Å². The second-order valence-electron chi connectivity index (χ2n) is 6.23. The second-order valence-corrected chi connectivity index (χ2v) is 6.23. The van der Waals surface area contributed by atoms with Gasteiger partial charge in [0.05, 0.1) is 0 Å². The molecule has 2 nitrogen and oxygen atoms in total. The van der Waals surface area contributed by atoms with Gasteiger partial charge in [-0.1, -0.05) is 42.5 Å². The number of rotatable bonds is 3. The SMILES string of the molecule is C=CC[C@]1(O)/C(=C/c2ccccc2)CCC[C@@]12CCCO2. The van der Waals surface area contributed by atoms with Crippen LogP contribution in [0.5, 0.6) is 0 Å². The maximum Gasteiger partial charge on any atom is 0.118 e. The van der Waals surface area contributed by atoms with Crippen molar-refractivity contribution in [2.24, 2.45) is 0 Å². The molecule has 3 rings (SSSR count). The highest BCUT2D eigenvalue weighted by atomic mass is 16.5. The van der Waals surface area contributed by atoms with Crippen molar-refractivity contribution in [3.63, 3.8) is 0 Å². The monoisotopic (exact) mass is 284 g/mol. The van der Waals surface area contributed by atoms with Gasteiger partial charge in [0.2, 0.25) is 0 Å². The lowest BCUT2D eigenvalue weighted by molar-refractivity contribution is -0.153. The molecule has 1 heterocycles. The third-order valence-electron chi connectivity index (χ3n) is 5.00. The molecule has 0 amide bonds. The quantitative estimate of drug-likeness (QED) is 0.846. The lowest BCUT2D eigenvalue weighted by Gasteiger charge is -2.49. The van der Waals surface area contributed by atoms with Gasteiger partial charge in [0.1, 0.15) is 11.2 Å². The molecule has 0 aromatic heterocycles. The molecule has 1 aliphatic heterocycles.